The fourth-order valence-electron chi connectivity index (χ4n) is 3.28. The molecule has 2 N–H and O–H groups in total. The summed E-state index contributed by atoms with van der Waals surface area (Å²) < 4.78 is 5.35. The first-order valence-corrected chi connectivity index (χ1v) is 7.17. The van der Waals surface area contributed by atoms with E-state index in [1.165, 1.54) is 18.4 Å². The highest BCUT2D eigenvalue weighted by atomic mass is 16.5. The van der Waals surface area contributed by atoms with Crippen LogP contribution in [0.2, 0.25) is 0 Å². The fourth-order valence-corrected chi connectivity index (χ4v) is 3.28. The molecule has 106 valence electrons. The molecule has 0 saturated heterocycles. The first-order valence-electron chi connectivity index (χ1n) is 7.17. The molecule has 0 amide bonds. The molecule has 0 radical (unpaired) electrons. The van der Waals surface area contributed by atoms with Gasteiger partial charge in [-0.2, -0.15) is 0 Å². The van der Waals surface area contributed by atoms with Gasteiger partial charge in [0.25, 0.3) is 0 Å². The number of rotatable bonds is 4. The van der Waals surface area contributed by atoms with Crippen molar-refractivity contribution in [3.63, 3.8) is 0 Å². The van der Waals surface area contributed by atoms with Crippen molar-refractivity contribution in [2.75, 3.05) is 21.2 Å². The van der Waals surface area contributed by atoms with Crippen molar-refractivity contribution in [1.29, 1.82) is 0 Å². The number of ether oxygens (including phenoxy) is 1. The Hall–Kier alpha value is -1.06. The van der Waals surface area contributed by atoms with Gasteiger partial charge in [-0.25, -0.2) is 0 Å². The lowest BCUT2D eigenvalue weighted by atomic mass is 9.79. The zero-order valence-electron chi connectivity index (χ0n) is 12.3. The number of nitrogens with zero attached hydrogens (tertiary/aromatic N) is 1. The number of hydrogen-bond donors (Lipinski definition) is 1. The molecule has 3 nitrogen and oxygen atoms in total. The van der Waals surface area contributed by atoms with Gasteiger partial charge in [-0.15, -0.1) is 0 Å². The topological polar surface area (TPSA) is 38.5 Å². The van der Waals surface area contributed by atoms with Crippen LogP contribution in [0.4, 0.5) is 0 Å². The lowest BCUT2D eigenvalue weighted by Crippen LogP contribution is -2.34. The van der Waals surface area contributed by atoms with Gasteiger partial charge in [0.05, 0.1) is 7.11 Å². The Labute approximate surface area is 116 Å². The zero-order chi connectivity index (χ0) is 13.8. The number of benzene rings is 1. The van der Waals surface area contributed by atoms with Gasteiger partial charge in [-0.1, -0.05) is 12.1 Å². The number of nitrogens with two attached hydrogens (primary N) is 1. The third-order valence-corrected chi connectivity index (χ3v) is 4.25. The van der Waals surface area contributed by atoms with Crippen LogP contribution in [0, 0.1) is 5.92 Å². The van der Waals surface area contributed by atoms with Crippen molar-refractivity contribution >= 4 is 0 Å². The Bertz CT molecular complexity index is 397. The van der Waals surface area contributed by atoms with E-state index in [1.54, 1.807) is 7.11 Å². The first-order chi connectivity index (χ1) is 9.11. The van der Waals surface area contributed by atoms with E-state index >= 15 is 0 Å². The predicted octanol–water partition coefficient (Wildman–Crippen LogP) is 2.82. The second-order valence-corrected chi connectivity index (χ2v) is 5.86. The Morgan fingerprint density at radius 2 is 1.89 bits per heavy atom. The second-order valence-electron chi connectivity index (χ2n) is 5.86. The third kappa shape index (κ3) is 3.48. The summed E-state index contributed by atoms with van der Waals surface area (Å²) in [5, 5.41) is 0. The van der Waals surface area contributed by atoms with Crippen LogP contribution in [-0.4, -0.2) is 32.1 Å². The molecule has 1 atom stereocenters. The molecule has 0 aromatic heterocycles. The summed E-state index contributed by atoms with van der Waals surface area (Å²) in [5.41, 5.74) is 7.38. The molecule has 1 unspecified atom stereocenters. The SMILES string of the molecule is COc1cccc(C(C2CCC(N)CC2)N(C)C)c1. The van der Waals surface area contributed by atoms with Crippen LogP contribution in [0.1, 0.15) is 37.3 Å². The minimum Gasteiger partial charge on any atom is -0.497 e. The standard InChI is InChI=1S/C16H26N2O/c1-18(2)16(12-7-9-14(17)10-8-12)13-5-4-6-15(11-13)19-3/h4-6,11-12,14,16H,7-10,17H2,1-3H3. The van der Waals surface area contributed by atoms with Gasteiger partial charge >= 0.3 is 0 Å². The average molecular weight is 262 g/mol. The normalized spacial score (nSPS) is 25.3. The van der Waals surface area contributed by atoms with E-state index < -0.39 is 0 Å². The Kier molecular flexibility index (Phi) is 4.83. The molecule has 1 aliphatic carbocycles. The average Bonchev–Trinajstić information content (AvgIpc) is 2.41. The highest BCUT2D eigenvalue weighted by Gasteiger charge is 2.29. The van der Waals surface area contributed by atoms with Gasteiger partial charge < -0.3 is 15.4 Å². The highest BCUT2D eigenvalue weighted by molar-refractivity contribution is 5.31. The number of methoxy groups -OCH3 is 1. The molecule has 1 aromatic carbocycles. The van der Waals surface area contributed by atoms with E-state index in [0.717, 1.165) is 18.6 Å². The lowest BCUT2D eigenvalue weighted by molar-refractivity contribution is 0.164. The van der Waals surface area contributed by atoms with E-state index in [9.17, 15) is 0 Å². The molecule has 0 heterocycles. The van der Waals surface area contributed by atoms with E-state index in [0.29, 0.717) is 18.0 Å². The summed E-state index contributed by atoms with van der Waals surface area (Å²) in [5.74, 6) is 1.64. The highest BCUT2D eigenvalue weighted by Crippen LogP contribution is 2.37. The molecular formula is C16H26N2O. The summed E-state index contributed by atoms with van der Waals surface area (Å²) in [6.45, 7) is 0. The largest absolute Gasteiger partial charge is 0.497 e. The molecular weight excluding hydrogens is 236 g/mol. The van der Waals surface area contributed by atoms with E-state index in [2.05, 4.69) is 37.2 Å². The number of hydrogen-bond acceptors (Lipinski definition) is 3. The molecule has 0 aliphatic heterocycles. The van der Waals surface area contributed by atoms with Gasteiger partial charge in [0, 0.05) is 12.1 Å². The van der Waals surface area contributed by atoms with Crippen LogP contribution in [0.3, 0.4) is 0 Å². The summed E-state index contributed by atoms with van der Waals surface area (Å²) >= 11 is 0. The summed E-state index contributed by atoms with van der Waals surface area (Å²) in [4.78, 5) is 2.33. The minimum absolute atomic E-state index is 0.407. The van der Waals surface area contributed by atoms with Crippen molar-refractivity contribution in [3.05, 3.63) is 29.8 Å². The second kappa shape index (κ2) is 6.40. The van der Waals surface area contributed by atoms with E-state index in [1.807, 2.05) is 6.07 Å². The zero-order valence-corrected chi connectivity index (χ0v) is 12.3. The van der Waals surface area contributed by atoms with Gasteiger partial charge in [0.1, 0.15) is 5.75 Å². The summed E-state index contributed by atoms with van der Waals surface area (Å²) in [6.07, 6.45) is 4.75. The van der Waals surface area contributed by atoms with Crippen molar-refractivity contribution in [3.8, 4) is 5.75 Å². The predicted molar refractivity (Wildman–Crippen MR) is 79.4 cm³/mol. The van der Waals surface area contributed by atoms with Crippen molar-refractivity contribution < 1.29 is 4.74 Å². The Morgan fingerprint density at radius 3 is 2.47 bits per heavy atom. The maximum atomic E-state index is 6.02. The molecule has 1 aliphatic rings. The minimum atomic E-state index is 0.407. The molecule has 1 aromatic rings. The van der Waals surface area contributed by atoms with Crippen LogP contribution in [0.5, 0.6) is 5.75 Å². The molecule has 1 fully saturated rings. The fraction of sp³-hybridized carbons (Fsp3) is 0.625. The Balaban J connectivity index is 2.19. The van der Waals surface area contributed by atoms with Crippen LogP contribution in [0.15, 0.2) is 24.3 Å². The summed E-state index contributed by atoms with van der Waals surface area (Å²) in [6, 6.07) is 9.33. The van der Waals surface area contributed by atoms with Crippen LogP contribution in [-0.2, 0) is 0 Å². The molecule has 0 bridgehead atoms. The third-order valence-electron chi connectivity index (χ3n) is 4.25. The van der Waals surface area contributed by atoms with Crippen molar-refractivity contribution in [2.45, 2.75) is 37.8 Å². The molecule has 1 saturated carbocycles. The maximum Gasteiger partial charge on any atom is 0.119 e. The van der Waals surface area contributed by atoms with Crippen molar-refractivity contribution in [2.24, 2.45) is 11.7 Å². The first kappa shape index (κ1) is 14.4. The quantitative estimate of drug-likeness (QED) is 0.907. The van der Waals surface area contributed by atoms with Gasteiger partial charge in [0.2, 0.25) is 0 Å². The lowest BCUT2D eigenvalue weighted by Gasteiger charge is -2.36. The van der Waals surface area contributed by atoms with Crippen molar-refractivity contribution in [1.82, 2.24) is 4.90 Å². The molecule has 19 heavy (non-hydrogen) atoms. The molecule has 0 spiro atoms. The van der Waals surface area contributed by atoms with Gasteiger partial charge in [-0.3, -0.25) is 0 Å². The van der Waals surface area contributed by atoms with E-state index in [-0.39, 0.29) is 0 Å². The van der Waals surface area contributed by atoms with Gasteiger partial charge in [0.15, 0.2) is 0 Å². The van der Waals surface area contributed by atoms with Crippen LogP contribution < -0.4 is 10.5 Å². The summed E-state index contributed by atoms with van der Waals surface area (Å²) in [7, 11) is 6.06. The van der Waals surface area contributed by atoms with Crippen LogP contribution in [0.25, 0.3) is 0 Å². The van der Waals surface area contributed by atoms with Crippen LogP contribution >= 0.6 is 0 Å². The monoisotopic (exact) mass is 262 g/mol. The molecule has 2 rings (SSSR count). The smallest absolute Gasteiger partial charge is 0.119 e. The molecule has 3 heteroatoms. The maximum absolute atomic E-state index is 6.02. The Morgan fingerprint density at radius 1 is 1.21 bits per heavy atom. The van der Waals surface area contributed by atoms with E-state index in [4.69, 9.17) is 10.5 Å². The van der Waals surface area contributed by atoms with Gasteiger partial charge in [-0.05, 0) is 63.4 Å².